The Balaban J connectivity index is 1.56. The topological polar surface area (TPSA) is 68.3 Å². The highest BCUT2D eigenvalue weighted by atomic mass is 16.5. The molecule has 0 atom stereocenters. The fourth-order valence-electron chi connectivity index (χ4n) is 2.76. The van der Waals surface area contributed by atoms with Crippen LogP contribution in [0.5, 0.6) is 5.75 Å². The maximum atomic E-state index is 12.3. The zero-order valence-corrected chi connectivity index (χ0v) is 13.4. The molecule has 0 saturated heterocycles. The van der Waals surface area contributed by atoms with Gasteiger partial charge in [-0.2, -0.15) is 0 Å². The molecule has 2 aromatic rings. The van der Waals surface area contributed by atoms with Crippen molar-refractivity contribution in [1.29, 1.82) is 0 Å². The van der Waals surface area contributed by atoms with Crippen LogP contribution in [0.15, 0.2) is 48.8 Å². The van der Waals surface area contributed by atoms with Gasteiger partial charge in [0.15, 0.2) is 0 Å². The molecule has 0 aliphatic heterocycles. The van der Waals surface area contributed by atoms with E-state index in [0.29, 0.717) is 43.7 Å². The van der Waals surface area contributed by atoms with Gasteiger partial charge in [-0.1, -0.05) is 12.1 Å². The third-order valence-electron chi connectivity index (χ3n) is 4.14. The summed E-state index contributed by atoms with van der Waals surface area (Å²) in [5.74, 6) is 0.843. The second-order valence-corrected chi connectivity index (χ2v) is 5.98. The molecule has 124 valence electrons. The minimum Gasteiger partial charge on any atom is -0.489 e. The minimum absolute atomic E-state index is 0.0214. The highest BCUT2D eigenvalue weighted by Gasteiger charge is 2.24. The van der Waals surface area contributed by atoms with Crippen molar-refractivity contribution in [3.8, 4) is 5.75 Å². The number of hydrogen-bond acceptors (Lipinski definition) is 4. The molecule has 1 aromatic carbocycles. The molecule has 1 N–H and O–H groups in total. The number of hydrogen-bond donors (Lipinski definition) is 1. The predicted octanol–water partition coefficient (Wildman–Crippen LogP) is 3.36. The number of Topliss-reactive ketones (excluding diaryl/α,β-unsaturated/α-hetero) is 1. The van der Waals surface area contributed by atoms with Gasteiger partial charge >= 0.3 is 0 Å². The highest BCUT2D eigenvalue weighted by molar-refractivity contribution is 5.94. The number of anilines is 1. The van der Waals surface area contributed by atoms with E-state index in [1.807, 2.05) is 36.4 Å². The Morgan fingerprint density at radius 1 is 1.21 bits per heavy atom. The first-order valence-corrected chi connectivity index (χ1v) is 8.15. The number of aromatic nitrogens is 1. The molecule has 1 aliphatic rings. The van der Waals surface area contributed by atoms with Crippen LogP contribution in [0.1, 0.15) is 31.2 Å². The van der Waals surface area contributed by atoms with Crippen molar-refractivity contribution in [3.05, 3.63) is 54.4 Å². The number of nitrogens with zero attached hydrogens (tertiary/aromatic N) is 1. The van der Waals surface area contributed by atoms with E-state index in [2.05, 4.69) is 10.3 Å². The summed E-state index contributed by atoms with van der Waals surface area (Å²) in [4.78, 5) is 27.6. The van der Waals surface area contributed by atoms with Crippen molar-refractivity contribution >= 4 is 17.4 Å². The van der Waals surface area contributed by atoms with Crippen molar-refractivity contribution in [2.45, 2.75) is 32.3 Å². The molecule has 1 saturated carbocycles. The molecule has 1 fully saturated rings. The number of rotatable bonds is 5. The standard InChI is InChI=1S/C19H20N2O3/c22-17-8-6-15(7-9-17)19(23)21-16-4-1-5-18(11-16)24-13-14-3-2-10-20-12-14/h1-5,10-12,15H,6-9,13H2,(H,21,23). The molecule has 24 heavy (non-hydrogen) atoms. The third kappa shape index (κ3) is 4.41. The molecular weight excluding hydrogens is 304 g/mol. The molecule has 0 spiro atoms. The van der Waals surface area contributed by atoms with E-state index in [4.69, 9.17) is 4.74 Å². The van der Waals surface area contributed by atoms with Gasteiger partial charge in [-0.05, 0) is 31.0 Å². The molecular formula is C19H20N2O3. The van der Waals surface area contributed by atoms with E-state index in [1.54, 1.807) is 12.4 Å². The van der Waals surface area contributed by atoms with Gasteiger partial charge in [0, 0.05) is 48.5 Å². The van der Waals surface area contributed by atoms with Crippen molar-refractivity contribution in [1.82, 2.24) is 4.98 Å². The Hall–Kier alpha value is -2.69. The first kappa shape index (κ1) is 16.2. The Bertz CT molecular complexity index is 706. The predicted molar refractivity (Wildman–Crippen MR) is 90.6 cm³/mol. The van der Waals surface area contributed by atoms with E-state index in [0.717, 1.165) is 5.56 Å². The third-order valence-corrected chi connectivity index (χ3v) is 4.14. The van der Waals surface area contributed by atoms with Gasteiger partial charge in [-0.25, -0.2) is 0 Å². The summed E-state index contributed by atoms with van der Waals surface area (Å²) < 4.78 is 5.74. The fourth-order valence-corrected chi connectivity index (χ4v) is 2.76. The molecule has 1 heterocycles. The zero-order chi connectivity index (χ0) is 16.8. The maximum Gasteiger partial charge on any atom is 0.227 e. The molecule has 1 aromatic heterocycles. The van der Waals surface area contributed by atoms with Crippen LogP contribution in [-0.4, -0.2) is 16.7 Å². The number of benzene rings is 1. The SMILES string of the molecule is O=C1CCC(C(=O)Nc2cccc(OCc3cccnc3)c2)CC1. The van der Waals surface area contributed by atoms with Gasteiger partial charge in [0.1, 0.15) is 18.1 Å². The number of carbonyl (C=O) groups excluding carboxylic acids is 2. The average Bonchev–Trinajstić information content (AvgIpc) is 2.62. The minimum atomic E-state index is -0.0809. The molecule has 0 bridgehead atoms. The first-order chi connectivity index (χ1) is 11.7. The van der Waals surface area contributed by atoms with E-state index < -0.39 is 0 Å². The van der Waals surface area contributed by atoms with Crippen LogP contribution in [0.4, 0.5) is 5.69 Å². The molecule has 0 radical (unpaired) electrons. The first-order valence-electron chi connectivity index (χ1n) is 8.15. The quantitative estimate of drug-likeness (QED) is 0.915. The molecule has 5 heteroatoms. The highest BCUT2D eigenvalue weighted by Crippen LogP contribution is 2.24. The van der Waals surface area contributed by atoms with Crippen LogP contribution in [0.3, 0.4) is 0 Å². The summed E-state index contributed by atoms with van der Waals surface area (Å²) in [6.07, 6.45) is 5.77. The van der Waals surface area contributed by atoms with Gasteiger partial charge in [0.05, 0.1) is 0 Å². The molecule has 3 rings (SSSR count). The average molecular weight is 324 g/mol. The summed E-state index contributed by atoms with van der Waals surface area (Å²) in [5.41, 5.74) is 1.69. The van der Waals surface area contributed by atoms with Crippen LogP contribution in [0, 0.1) is 5.92 Å². The van der Waals surface area contributed by atoms with Gasteiger partial charge in [-0.3, -0.25) is 14.6 Å². The zero-order valence-electron chi connectivity index (χ0n) is 13.4. The monoisotopic (exact) mass is 324 g/mol. The summed E-state index contributed by atoms with van der Waals surface area (Å²) in [6.45, 7) is 0.427. The lowest BCUT2D eigenvalue weighted by Gasteiger charge is -2.20. The van der Waals surface area contributed by atoms with Gasteiger partial charge in [0.2, 0.25) is 5.91 Å². The number of ether oxygens (including phenoxy) is 1. The van der Waals surface area contributed by atoms with Crippen molar-refractivity contribution < 1.29 is 14.3 Å². The normalized spacial score (nSPS) is 15.1. The summed E-state index contributed by atoms with van der Waals surface area (Å²) >= 11 is 0. The molecule has 1 aliphatic carbocycles. The second-order valence-electron chi connectivity index (χ2n) is 5.98. The van der Waals surface area contributed by atoms with Crippen molar-refractivity contribution in [2.24, 2.45) is 5.92 Å². The van der Waals surface area contributed by atoms with Crippen LogP contribution in [0.25, 0.3) is 0 Å². The van der Waals surface area contributed by atoms with Crippen molar-refractivity contribution in [3.63, 3.8) is 0 Å². The largest absolute Gasteiger partial charge is 0.489 e. The molecule has 5 nitrogen and oxygen atoms in total. The number of carbonyl (C=O) groups is 2. The Kier molecular flexibility index (Phi) is 5.21. The smallest absolute Gasteiger partial charge is 0.227 e. The van der Waals surface area contributed by atoms with Gasteiger partial charge in [0.25, 0.3) is 0 Å². The Morgan fingerprint density at radius 2 is 2.04 bits per heavy atom. The van der Waals surface area contributed by atoms with Crippen LogP contribution < -0.4 is 10.1 Å². The van der Waals surface area contributed by atoms with Gasteiger partial charge < -0.3 is 10.1 Å². The van der Waals surface area contributed by atoms with E-state index in [-0.39, 0.29) is 17.6 Å². The lowest BCUT2D eigenvalue weighted by molar-refractivity contribution is -0.125. The molecule has 0 unspecified atom stereocenters. The maximum absolute atomic E-state index is 12.3. The van der Waals surface area contributed by atoms with E-state index in [1.165, 1.54) is 0 Å². The number of ketones is 1. The summed E-state index contributed by atoms with van der Waals surface area (Å²) in [7, 11) is 0. The summed E-state index contributed by atoms with van der Waals surface area (Å²) in [6, 6.07) is 11.2. The van der Waals surface area contributed by atoms with Crippen molar-refractivity contribution in [2.75, 3.05) is 5.32 Å². The summed E-state index contributed by atoms with van der Waals surface area (Å²) in [5, 5.41) is 2.92. The Labute approximate surface area is 141 Å². The number of amides is 1. The fraction of sp³-hybridized carbons (Fsp3) is 0.316. The van der Waals surface area contributed by atoms with E-state index >= 15 is 0 Å². The lowest BCUT2D eigenvalue weighted by Crippen LogP contribution is -2.27. The second kappa shape index (κ2) is 7.73. The number of pyridine rings is 1. The van der Waals surface area contributed by atoms with Crippen LogP contribution in [0.2, 0.25) is 0 Å². The lowest BCUT2D eigenvalue weighted by atomic mass is 9.88. The molecule has 1 amide bonds. The van der Waals surface area contributed by atoms with Gasteiger partial charge in [-0.15, -0.1) is 0 Å². The van der Waals surface area contributed by atoms with E-state index in [9.17, 15) is 9.59 Å². The van der Waals surface area contributed by atoms with Crippen LogP contribution in [-0.2, 0) is 16.2 Å². The van der Waals surface area contributed by atoms with Crippen LogP contribution >= 0.6 is 0 Å². The number of nitrogens with one attached hydrogen (secondary N) is 1. The Morgan fingerprint density at radius 3 is 2.79 bits per heavy atom.